The van der Waals surface area contributed by atoms with E-state index in [4.69, 9.17) is 18.9 Å². The van der Waals surface area contributed by atoms with Crippen LogP contribution in [0.2, 0.25) is 0 Å². The van der Waals surface area contributed by atoms with Crippen molar-refractivity contribution in [2.75, 3.05) is 35.0 Å². The summed E-state index contributed by atoms with van der Waals surface area (Å²) in [5, 5.41) is 12.3. The predicted molar refractivity (Wildman–Crippen MR) is 57.2 cm³/mol. The van der Waals surface area contributed by atoms with Gasteiger partial charge in [0, 0.05) is 21.3 Å². The topological polar surface area (TPSA) is 69.2 Å². The quantitative estimate of drug-likeness (QED) is 0.635. The number of aliphatic hydroxyl groups excluding tert-OH is 1. The number of methoxy groups -OCH3 is 3. The number of hydrogen-bond acceptors (Lipinski definition) is 6. The monoisotopic (exact) mass is 235 g/mol. The van der Waals surface area contributed by atoms with Gasteiger partial charge in [-0.1, -0.05) is 0 Å². The summed E-state index contributed by atoms with van der Waals surface area (Å²) in [5.74, 6) is 0. The molecule has 1 saturated heterocycles. The minimum absolute atomic E-state index is 0.130. The Hall–Kier alpha value is -0.240. The highest BCUT2D eigenvalue weighted by atomic mass is 16.7. The molecule has 16 heavy (non-hydrogen) atoms. The van der Waals surface area contributed by atoms with Crippen LogP contribution in [0.15, 0.2) is 0 Å². The fraction of sp³-hybridized carbons (Fsp3) is 1.00. The second-order valence-corrected chi connectivity index (χ2v) is 3.68. The SMILES string of the molecule is CNC1[C@H](OC)OC(CO)[C@@H](OC)[C@@H]1OC. The maximum atomic E-state index is 9.24. The Morgan fingerprint density at radius 2 is 1.75 bits per heavy atom. The van der Waals surface area contributed by atoms with E-state index < -0.39 is 12.4 Å². The Labute approximate surface area is 95.8 Å². The lowest BCUT2D eigenvalue weighted by Gasteiger charge is -2.44. The molecule has 0 aromatic heterocycles. The third-order valence-electron chi connectivity index (χ3n) is 2.94. The first-order valence-electron chi connectivity index (χ1n) is 5.25. The Balaban J connectivity index is 2.85. The highest BCUT2D eigenvalue weighted by molar-refractivity contribution is 4.94. The molecule has 1 aliphatic rings. The van der Waals surface area contributed by atoms with E-state index in [-0.39, 0.29) is 24.9 Å². The lowest BCUT2D eigenvalue weighted by atomic mass is 9.96. The Kier molecular flexibility index (Phi) is 5.60. The average molecular weight is 235 g/mol. The fourth-order valence-corrected chi connectivity index (χ4v) is 2.12. The number of likely N-dealkylation sites (N-methyl/N-ethyl adjacent to an activating group) is 1. The summed E-state index contributed by atoms with van der Waals surface area (Å²) in [6.45, 7) is -0.130. The molecule has 0 bridgehead atoms. The van der Waals surface area contributed by atoms with E-state index in [0.29, 0.717) is 0 Å². The van der Waals surface area contributed by atoms with Gasteiger partial charge in [0.15, 0.2) is 6.29 Å². The molecule has 1 rings (SSSR count). The van der Waals surface area contributed by atoms with Gasteiger partial charge >= 0.3 is 0 Å². The number of nitrogens with one attached hydrogen (secondary N) is 1. The molecule has 1 fully saturated rings. The molecule has 0 aromatic carbocycles. The lowest BCUT2D eigenvalue weighted by molar-refractivity contribution is -0.271. The van der Waals surface area contributed by atoms with E-state index >= 15 is 0 Å². The summed E-state index contributed by atoms with van der Waals surface area (Å²) in [5.41, 5.74) is 0. The standard InChI is InChI=1S/C10H21NO5/c1-11-7-9(14-3)8(13-2)6(5-12)16-10(7)15-4/h6-12H,5H2,1-4H3/t6?,7?,8-,9-,10-/m1/s1. The lowest BCUT2D eigenvalue weighted by Crippen LogP contribution is -2.64. The van der Waals surface area contributed by atoms with Crippen molar-refractivity contribution in [3.63, 3.8) is 0 Å². The first-order chi connectivity index (χ1) is 7.73. The summed E-state index contributed by atoms with van der Waals surface area (Å²) >= 11 is 0. The van der Waals surface area contributed by atoms with Gasteiger partial charge in [0.2, 0.25) is 0 Å². The Bertz CT molecular complexity index is 186. The smallest absolute Gasteiger partial charge is 0.175 e. The van der Waals surface area contributed by atoms with Crippen molar-refractivity contribution in [1.82, 2.24) is 5.32 Å². The molecule has 0 aromatic rings. The summed E-state index contributed by atoms with van der Waals surface area (Å²) in [6.07, 6.45) is -1.45. The molecule has 1 heterocycles. The highest BCUT2D eigenvalue weighted by Gasteiger charge is 2.45. The number of aliphatic hydroxyl groups is 1. The first kappa shape index (κ1) is 13.8. The van der Waals surface area contributed by atoms with E-state index in [9.17, 15) is 5.11 Å². The molecular weight excluding hydrogens is 214 g/mol. The van der Waals surface area contributed by atoms with Crippen molar-refractivity contribution in [2.45, 2.75) is 30.6 Å². The molecule has 0 radical (unpaired) electrons. The van der Waals surface area contributed by atoms with Crippen LogP contribution in [0.25, 0.3) is 0 Å². The van der Waals surface area contributed by atoms with Crippen molar-refractivity contribution >= 4 is 0 Å². The third kappa shape index (κ3) is 2.53. The molecule has 0 saturated carbocycles. The van der Waals surface area contributed by atoms with Gasteiger partial charge in [-0.05, 0) is 7.05 Å². The van der Waals surface area contributed by atoms with E-state index in [1.54, 1.807) is 28.4 Å². The maximum Gasteiger partial charge on any atom is 0.175 e. The summed E-state index contributed by atoms with van der Waals surface area (Å²) < 4.78 is 21.5. The second kappa shape index (κ2) is 6.48. The number of rotatable bonds is 5. The van der Waals surface area contributed by atoms with Gasteiger partial charge in [0.25, 0.3) is 0 Å². The second-order valence-electron chi connectivity index (χ2n) is 3.68. The minimum Gasteiger partial charge on any atom is -0.394 e. The van der Waals surface area contributed by atoms with Crippen molar-refractivity contribution in [1.29, 1.82) is 0 Å². The van der Waals surface area contributed by atoms with Crippen molar-refractivity contribution in [3.8, 4) is 0 Å². The highest BCUT2D eigenvalue weighted by Crippen LogP contribution is 2.25. The van der Waals surface area contributed by atoms with Gasteiger partial charge in [-0.3, -0.25) is 0 Å². The van der Waals surface area contributed by atoms with Crippen LogP contribution in [0, 0.1) is 0 Å². The molecule has 0 aliphatic carbocycles. The van der Waals surface area contributed by atoms with E-state index in [1.165, 1.54) is 0 Å². The molecule has 2 unspecified atom stereocenters. The minimum atomic E-state index is -0.460. The molecule has 0 amide bonds. The van der Waals surface area contributed by atoms with Crippen LogP contribution in [0.4, 0.5) is 0 Å². The zero-order valence-electron chi connectivity index (χ0n) is 10.2. The molecule has 6 nitrogen and oxygen atoms in total. The molecule has 96 valence electrons. The molecule has 0 spiro atoms. The molecule has 5 atom stereocenters. The third-order valence-corrected chi connectivity index (χ3v) is 2.94. The van der Waals surface area contributed by atoms with Gasteiger partial charge < -0.3 is 29.4 Å². The molecule has 6 heteroatoms. The van der Waals surface area contributed by atoms with Crippen LogP contribution in [0.1, 0.15) is 0 Å². The van der Waals surface area contributed by atoms with E-state index in [1.807, 2.05) is 0 Å². The fourth-order valence-electron chi connectivity index (χ4n) is 2.12. The van der Waals surface area contributed by atoms with Gasteiger partial charge in [-0.15, -0.1) is 0 Å². The summed E-state index contributed by atoms with van der Waals surface area (Å²) in [6, 6.07) is -0.136. The van der Waals surface area contributed by atoms with Crippen LogP contribution in [0.5, 0.6) is 0 Å². The van der Waals surface area contributed by atoms with Crippen molar-refractivity contribution in [2.24, 2.45) is 0 Å². The largest absolute Gasteiger partial charge is 0.394 e. The van der Waals surface area contributed by atoms with Gasteiger partial charge in [0.05, 0.1) is 12.6 Å². The average Bonchev–Trinajstić information content (AvgIpc) is 2.35. The Morgan fingerprint density at radius 1 is 1.12 bits per heavy atom. The number of ether oxygens (including phenoxy) is 4. The van der Waals surface area contributed by atoms with Crippen molar-refractivity contribution in [3.05, 3.63) is 0 Å². The zero-order valence-corrected chi connectivity index (χ0v) is 10.2. The predicted octanol–water partition coefficient (Wildman–Crippen LogP) is -1.03. The van der Waals surface area contributed by atoms with Gasteiger partial charge in [-0.2, -0.15) is 0 Å². The molecule has 2 N–H and O–H groups in total. The summed E-state index contributed by atoms with van der Waals surface area (Å²) in [4.78, 5) is 0. The van der Waals surface area contributed by atoms with Crippen molar-refractivity contribution < 1.29 is 24.1 Å². The van der Waals surface area contributed by atoms with Crippen LogP contribution >= 0.6 is 0 Å². The van der Waals surface area contributed by atoms with E-state index in [2.05, 4.69) is 5.32 Å². The van der Waals surface area contributed by atoms with Crippen LogP contribution < -0.4 is 5.32 Å². The van der Waals surface area contributed by atoms with Crippen LogP contribution in [-0.4, -0.2) is 70.7 Å². The molecule has 1 aliphatic heterocycles. The maximum absolute atomic E-state index is 9.24. The van der Waals surface area contributed by atoms with E-state index in [0.717, 1.165) is 0 Å². The van der Waals surface area contributed by atoms with Gasteiger partial charge in [0.1, 0.15) is 18.3 Å². The zero-order chi connectivity index (χ0) is 12.1. The number of hydrogen-bond donors (Lipinski definition) is 2. The van der Waals surface area contributed by atoms with Crippen LogP contribution in [0.3, 0.4) is 0 Å². The normalized spacial score (nSPS) is 39.9. The summed E-state index contributed by atoms with van der Waals surface area (Å²) in [7, 11) is 6.54. The first-order valence-corrected chi connectivity index (χ1v) is 5.25. The van der Waals surface area contributed by atoms with Gasteiger partial charge in [-0.25, -0.2) is 0 Å². The Morgan fingerprint density at radius 3 is 2.12 bits per heavy atom. The molecular formula is C10H21NO5. The van der Waals surface area contributed by atoms with Crippen LogP contribution in [-0.2, 0) is 18.9 Å².